The Bertz CT molecular complexity index is 1610. The number of phenolic OH excluding ortho intramolecular Hbond substituents is 1. The first-order valence-corrected chi connectivity index (χ1v) is 13.7. The topological polar surface area (TPSA) is 121 Å². The quantitative estimate of drug-likeness (QED) is 0.316. The maximum Gasteiger partial charge on any atom is 0.290 e. The number of amides is 3. The Kier molecular flexibility index (Phi) is 8.45. The largest absolute Gasteiger partial charge is 0.507 e. The average molecular weight is 576 g/mol. The van der Waals surface area contributed by atoms with E-state index in [-0.39, 0.29) is 36.4 Å². The molecule has 0 spiro atoms. The first kappa shape index (κ1) is 28.0. The molecule has 4 bridgehead atoms. The number of hydrogen-bond acceptors (Lipinski definition) is 6. The molecule has 9 nitrogen and oxygen atoms in total. The van der Waals surface area contributed by atoms with E-state index >= 15 is 0 Å². The van der Waals surface area contributed by atoms with Gasteiger partial charge in [0.1, 0.15) is 5.75 Å². The molecule has 1 aliphatic rings. The van der Waals surface area contributed by atoms with E-state index in [1.165, 1.54) is 12.0 Å². The van der Waals surface area contributed by atoms with E-state index in [2.05, 4.69) is 10.6 Å². The number of fused-ring (bicyclic) bond motifs is 6. The van der Waals surface area contributed by atoms with Gasteiger partial charge in [-0.25, -0.2) is 0 Å². The predicted molar refractivity (Wildman–Crippen MR) is 156 cm³/mol. The predicted octanol–water partition coefficient (Wildman–Crippen LogP) is 4.79. The SMILES string of the molecule is COc1cc(Cl)cc2cc(C(=O)N3CCCCNC(=O)c4cccc(c4)-c4cc(ccc4O)CCNC(=O)C3)oc12. The number of ether oxygens (including phenoxy) is 1. The summed E-state index contributed by atoms with van der Waals surface area (Å²) in [7, 11) is 1.49. The summed E-state index contributed by atoms with van der Waals surface area (Å²) < 4.78 is 11.2. The van der Waals surface area contributed by atoms with Gasteiger partial charge in [0.05, 0.1) is 13.7 Å². The Labute approximate surface area is 242 Å². The van der Waals surface area contributed by atoms with Crippen LogP contribution in [0.5, 0.6) is 11.5 Å². The molecule has 4 aromatic rings. The van der Waals surface area contributed by atoms with Crippen molar-refractivity contribution in [1.82, 2.24) is 15.5 Å². The van der Waals surface area contributed by atoms with Gasteiger partial charge in [0.2, 0.25) is 5.91 Å². The molecular weight excluding hydrogens is 546 g/mol. The number of methoxy groups -OCH3 is 1. The molecule has 10 heteroatoms. The van der Waals surface area contributed by atoms with E-state index in [9.17, 15) is 19.5 Å². The van der Waals surface area contributed by atoms with E-state index < -0.39 is 5.91 Å². The lowest BCUT2D eigenvalue weighted by Gasteiger charge is -2.21. The Morgan fingerprint density at radius 1 is 1.00 bits per heavy atom. The molecule has 212 valence electrons. The Morgan fingerprint density at radius 2 is 1.83 bits per heavy atom. The number of carbonyl (C=O) groups excluding carboxylic acids is 3. The minimum absolute atomic E-state index is 0.0697. The Balaban J connectivity index is 1.38. The maximum atomic E-state index is 13.5. The highest BCUT2D eigenvalue weighted by atomic mass is 35.5. The maximum absolute atomic E-state index is 13.5. The van der Waals surface area contributed by atoms with Crippen LogP contribution in [0.2, 0.25) is 5.02 Å². The average Bonchev–Trinajstić information content (AvgIpc) is 3.40. The number of aromatic hydroxyl groups is 1. The van der Waals surface area contributed by atoms with Crippen molar-refractivity contribution in [3.8, 4) is 22.6 Å². The van der Waals surface area contributed by atoms with E-state index in [4.69, 9.17) is 20.8 Å². The monoisotopic (exact) mass is 575 g/mol. The fourth-order valence-corrected chi connectivity index (χ4v) is 5.07. The summed E-state index contributed by atoms with van der Waals surface area (Å²) in [4.78, 5) is 40.7. The zero-order valence-corrected chi connectivity index (χ0v) is 23.3. The number of nitrogens with zero attached hydrogens (tertiary/aromatic N) is 1. The molecule has 0 saturated carbocycles. The van der Waals surface area contributed by atoms with E-state index in [0.717, 1.165) is 11.1 Å². The number of hydrogen-bond donors (Lipinski definition) is 3. The van der Waals surface area contributed by atoms with Crippen LogP contribution < -0.4 is 15.4 Å². The van der Waals surface area contributed by atoms with Gasteiger partial charge in [-0.2, -0.15) is 0 Å². The van der Waals surface area contributed by atoms with Crippen molar-refractivity contribution in [3.63, 3.8) is 0 Å². The third-order valence-corrected chi connectivity index (χ3v) is 7.19. The van der Waals surface area contributed by atoms with Crippen LogP contribution in [-0.4, -0.2) is 61.0 Å². The number of benzene rings is 3. The fraction of sp³-hybridized carbons (Fsp3) is 0.258. The molecular formula is C31H30ClN3O6. The van der Waals surface area contributed by atoms with Crippen LogP contribution >= 0.6 is 11.6 Å². The van der Waals surface area contributed by atoms with Gasteiger partial charge in [0.25, 0.3) is 11.8 Å². The summed E-state index contributed by atoms with van der Waals surface area (Å²) in [6, 6.07) is 17.2. The lowest BCUT2D eigenvalue weighted by atomic mass is 9.98. The number of carbonyl (C=O) groups is 3. The first-order valence-electron chi connectivity index (χ1n) is 13.4. The lowest BCUT2D eigenvalue weighted by molar-refractivity contribution is -0.121. The molecule has 1 aliphatic heterocycles. The van der Waals surface area contributed by atoms with Crippen molar-refractivity contribution < 1.29 is 28.6 Å². The van der Waals surface area contributed by atoms with Gasteiger partial charge in [0, 0.05) is 47.2 Å². The lowest BCUT2D eigenvalue weighted by Crippen LogP contribution is -2.41. The minimum atomic E-state index is -0.437. The van der Waals surface area contributed by atoms with E-state index in [0.29, 0.717) is 65.2 Å². The minimum Gasteiger partial charge on any atom is -0.507 e. The number of phenols is 1. The summed E-state index contributed by atoms with van der Waals surface area (Å²) in [6.45, 7) is 0.853. The van der Waals surface area contributed by atoms with Crippen LogP contribution in [-0.2, 0) is 11.2 Å². The Morgan fingerprint density at radius 3 is 2.66 bits per heavy atom. The third kappa shape index (κ3) is 6.47. The van der Waals surface area contributed by atoms with Crippen molar-refractivity contribution in [2.75, 3.05) is 33.3 Å². The summed E-state index contributed by atoms with van der Waals surface area (Å²) in [5.74, 6) is -0.401. The number of nitrogens with one attached hydrogen (secondary N) is 2. The third-order valence-electron chi connectivity index (χ3n) is 6.97. The molecule has 5 rings (SSSR count). The molecule has 1 aromatic heterocycles. The molecule has 0 unspecified atom stereocenters. The molecule has 0 atom stereocenters. The van der Waals surface area contributed by atoms with Crippen LogP contribution in [0.25, 0.3) is 22.1 Å². The molecule has 3 N–H and O–H groups in total. The summed E-state index contributed by atoms with van der Waals surface area (Å²) in [5, 5.41) is 17.3. The second-order valence-corrected chi connectivity index (χ2v) is 10.3. The smallest absolute Gasteiger partial charge is 0.290 e. The van der Waals surface area contributed by atoms with Gasteiger partial charge in [-0.1, -0.05) is 29.8 Å². The molecule has 0 fully saturated rings. The van der Waals surface area contributed by atoms with Crippen LogP contribution in [0.1, 0.15) is 39.3 Å². The number of halogens is 1. The van der Waals surface area contributed by atoms with Gasteiger partial charge in [-0.05, 0) is 66.8 Å². The van der Waals surface area contributed by atoms with Crippen LogP contribution in [0.3, 0.4) is 0 Å². The second-order valence-electron chi connectivity index (χ2n) is 9.86. The fourth-order valence-electron chi connectivity index (χ4n) is 4.86. The van der Waals surface area contributed by atoms with Crippen LogP contribution in [0.15, 0.2) is 65.1 Å². The standard InChI is InChI=1S/C31H30ClN3O6/c1-40-26-17-23(32)15-22-16-27(41-29(22)26)31(39)35-12-3-2-10-34-30(38)21-6-4-5-20(14-21)24-13-19(7-8-25(24)36)9-11-33-28(37)18-35/h4-8,13-17,36H,2-3,9-12,18H2,1H3,(H,33,37)(H,34,38). The van der Waals surface area contributed by atoms with E-state index in [1.54, 1.807) is 48.5 Å². The van der Waals surface area contributed by atoms with Gasteiger partial charge >= 0.3 is 0 Å². The summed E-state index contributed by atoms with van der Waals surface area (Å²) in [5.41, 5.74) is 3.10. The highest BCUT2D eigenvalue weighted by Crippen LogP contribution is 2.33. The van der Waals surface area contributed by atoms with Crippen molar-refractivity contribution >= 4 is 40.3 Å². The van der Waals surface area contributed by atoms with E-state index in [1.807, 2.05) is 12.1 Å². The molecule has 2 heterocycles. The van der Waals surface area contributed by atoms with Crippen LogP contribution in [0, 0.1) is 0 Å². The zero-order chi connectivity index (χ0) is 28.9. The first-order chi connectivity index (χ1) is 19.8. The zero-order valence-electron chi connectivity index (χ0n) is 22.5. The number of rotatable bonds is 2. The second kappa shape index (κ2) is 12.3. The van der Waals surface area contributed by atoms with Crippen LogP contribution in [0.4, 0.5) is 0 Å². The van der Waals surface area contributed by atoms with Crippen molar-refractivity contribution in [3.05, 3.63) is 82.6 Å². The highest BCUT2D eigenvalue weighted by Gasteiger charge is 2.23. The normalized spacial score (nSPS) is 15.0. The molecule has 0 radical (unpaired) electrons. The summed E-state index contributed by atoms with van der Waals surface area (Å²) in [6.07, 6.45) is 1.65. The Hall–Kier alpha value is -4.50. The van der Waals surface area contributed by atoms with Crippen molar-refractivity contribution in [1.29, 1.82) is 0 Å². The van der Waals surface area contributed by atoms with Gasteiger partial charge in [-0.3, -0.25) is 14.4 Å². The molecule has 0 saturated heterocycles. The molecule has 3 amide bonds. The van der Waals surface area contributed by atoms with Gasteiger partial charge in [-0.15, -0.1) is 0 Å². The highest BCUT2D eigenvalue weighted by molar-refractivity contribution is 6.31. The van der Waals surface area contributed by atoms with Gasteiger partial charge in [0.15, 0.2) is 17.1 Å². The number of furan rings is 1. The molecule has 41 heavy (non-hydrogen) atoms. The van der Waals surface area contributed by atoms with Crippen molar-refractivity contribution in [2.24, 2.45) is 0 Å². The summed E-state index contributed by atoms with van der Waals surface area (Å²) >= 11 is 6.17. The molecule has 3 aromatic carbocycles. The molecule has 0 aliphatic carbocycles. The van der Waals surface area contributed by atoms with Crippen molar-refractivity contribution in [2.45, 2.75) is 19.3 Å². The van der Waals surface area contributed by atoms with Gasteiger partial charge < -0.3 is 29.8 Å².